The molecule has 0 aliphatic heterocycles. The second kappa shape index (κ2) is 8.26. The van der Waals surface area contributed by atoms with Gasteiger partial charge in [0.05, 0.1) is 0 Å². The third-order valence-electron chi connectivity index (χ3n) is 2.80. The largest absolute Gasteiger partial charge is 0.337 e. The van der Waals surface area contributed by atoms with Gasteiger partial charge in [0.15, 0.2) is 0 Å². The molecule has 0 bridgehead atoms. The first-order valence-electron chi connectivity index (χ1n) is 6.42. The molecule has 0 aliphatic carbocycles. The number of aryl methyl sites for hydroxylation is 1. The second-order valence-electron chi connectivity index (χ2n) is 4.41. The molecule has 3 amide bonds. The van der Waals surface area contributed by atoms with Crippen LogP contribution in [-0.2, 0) is 11.2 Å². The average molecular weight is 263 g/mol. The number of urea groups is 1. The number of nitrogens with two attached hydrogens (primary N) is 1. The third-order valence-corrected chi connectivity index (χ3v) is 2.80. The van der Waals surface area contributed by atoms with E-state index in [2.05, 4.69) is 5.32 Å². The first-order valence-corrected chi connectivity index (χ1v) is 6.42. The summed E-state index contributed by atoms with van der Waals surface area (Å²) in [7, 11) is 0. The maximum Gasteiger partial charge on any atom is 0.323 e. The van der Waals surface area contributed by atoms with Crippen molar-refractivity contribution in [1.29, 1.82) is 0 Å². The Morgan fingerprint density at radius 2 is 2.05 bits per heavy atom. The lowest BCUT2D eigenvalue weighted by Gasteiger charge is -2.15. The van der Waals surface area contributed by atoms with Gasteiger partial charge in [-0.25, -0.2) is 4.79 Å². The van der Waals surface area contributed by atoms with Crippen molar-refractivity contribution in [3.63, 3.8) is 0 Å². The molecule has 0 heterocycles. The van der Waals surface area contributed by atoms with Crippen LogP contribution in [0.25, 0.3) is 0 Å². The molecule has 1 aromatic rings. The fourth-order valence-electron chi connectivity index (χ4n) is 1.63. The molecule has 1 aromatic carbocycles. The highest BCUT2D eigenvalue weighted by molar-refractivity contribution is 5.84. The summed E-state index contributed by atoms with van der Waals surface area (Å²) in [6.45, 7) is 3.36. The Labute approximate surface area is 113 Å². The summed E-state index contributed by atoms with van der Waals surface area (Å²) in [6, 6.07) is 7.78. The summed E-state index contributed by atoms with van der Waals surface area (Å²) in [5.41, 5.74) is 7.71. The van der Waals surface area contributed by atoms with Gasteiger partial charge in [0.1, 0.15) is 0 Å². The molecular weight excluding hydrogens is 242 g/mol. The zero-order valence-electron chi connectivity index (χ0n) is 11.3. The van der Waals surface area contributed by atoms with Gasteiger partial charge in [-0.1, -0.05) is 29.8 Å². The lowest BCUT2D eigenvalue weighted by molar-refractivity contribution is -0.115. The number of rotatable bonds is 7. The molecule has 0 fully saturated rings. The minimum absolute atomic E-state index is 0.358. The molecule has 0 aromatic heterocycles. The van der Waals surface area contributed by atoms with Crippen molar-refractivity contribution >= 4 is 12.4 Å². The molecule has 0 saturated carbocycles. The molecule has 0 unspecified atom stereocenters. The Balaban J connectivity index is 2.33. The van der Waals surface area contributed by atoms with Gasteiger partial charge in [-0.2, -0.15) is 0 Å². The Morgan fingerprint density at radius 3 is 2.63 bits per heavy atom. The first-order chi connectivity index (χ1) is 9.17. The number of imide groups is 1. The van der Waals surface area contributed by atoms with Crippen molar-refractivity contribution in [2.24, 2.45) is 5.73 Å². The predicted molar refractivity (Wildman–Crippen MR) is 74.7 cm³/mol. The van der Waals surface area contributed by atoms with E-state index in [0.717, 1.165) is 16.9 Å². The van der Waals surface area contributed by atoms with Gasteiger partial charge >= 0.3 is 6.03 Å². The van der Waals surface area contributed by atoms with E-state index < -0.39 is 0 Å². The summed E-state index contributed by atoms with van der Waals surface area (Å²) < 4.78 is 0. The van der Waals surface area contributed by atoms with E-state index >= 15 is 0 Å². The van der Waals surface area contributed by atoms with E-state index in [-0.39, 0.29) is 6.03 Å². The summed E-state index contributed by atoms with van der Waals surface area (Å²) >= 11 is 0. The van der Waals surface area contributed by atoms with Gasteiger partial charge in [0, 0.05) is 13.1 Å². The molecule has 0 aliphatic rings. The standard InChI is InChI=1S/C14H21N3O2/c1-12-3-5-13(6-4-12)7-9-16-14(19)17(11-18)10-2-8-15/h3-6,11H,2,7-10,15H2,1H3,(H,16,19). The van der Waals surface area contributed by atoms with E-state index in [9.17, 15) is 9.59 Å². The molecule has 5 nitrogen and oxygen atoms in total. The van der Waals surface area contributed by atoms with Crippen LogP contribution in [0.3, 0.4) is 0 Å². The smallest absolute Gasteiger partial charge is 0.323 e. The van der Waals surface area contributed by atoms with Gasteiger partial charge in [0.2, 0.25) is 6.41 Å². The molecular formula is C14H21N3O2. The fourth-order valence-corrected chi connectivity index (χ4v) is 1.63. The lowest BCUT2D eigenvalue weighted by Crippen LogP contribution is -2.40. The number of nitrogens with zero attached hydrogens (tertiary/aromatic N) is 1. The molecule has 0 atom stereocenters. The van der Waals surface area contributed by atoms with Gasteiger partial charge in [0.25, 0.3) is 0 Å². The monoisotopic (exact) mass is 263 g/mol. The van der Waals surface area contributed by atoms with Crippen molar-refractivity contribution in [3.05, 3.63) is 35.4 Å². The van der Waals surface area contributed by atoms with Crippen LogP contribution in [0.2, 0.25) is 0 Å². The minimum Gasteiger partial charge on any atom is -0.337 e. The normalized spacial score (nSPS) is 10.0. The maximum absolute atomic E-state index is 11.7. The number of hydrogen-bond acceptors (Lipinski definition) is 3. The van der Waals surface area contributed by atoms with Crippen LogP contribution in [0.15, 0.2) is 24.3 Å². The lowest BCUT2D eigenvalue weighted by atomic mass is 10.1. The van der Waals surface area contributed by atoms with E-state index in [1.165, 1.54) is 5.56 Å². The quantitative estimate of drug-likeness (QED) is 0.722. The zero-order chi connectivity index (χ0) is 14.1. The topological polar surface area (TPSA) is 75.4 Å². The number of nitrogens with one attached hydrogen (secondary N) is 1. The number of amides is 3. The highest BCUT2D eigenvalue weighted by atomic mass is 16.2. The molecule has 19 heavy (non-hydrogen) atoms. The summed E-state index contributed by atoms with van der Waals surface area (Å²) in [6.07, 6.45) is 1.90. The van der Waals surface area contributed by atoms with Crippen molar-refractivity contribution < 1.29 is 9.59 Å². The van der Waals surface area contributed by atoms with Crippen LogP contribution in [0.4, 0.5) is 4.79 Å². The third kappa shape index (κ3) is 5.52. The van der Waals surface area contributed by atoms with Crippen LogP contribution < -0.4 is 11.1 Å². The van der Waals surface area contributed by atoms with E-state index in [1.807, 2.05) is 31.2 Å². The van der Waals surface area contributed by atoms with E-state index in [0.29, 0.717) is 32.5 Å². The Morgan fingerprint density at radius 1 is 1.37 bits per heavy atom. The van der Waals surface area contributed by atoms with Gasteiger partial charge in [-0.3, -0.25) is 9.69 Å². The highest BCUT2D eigenvalue weighted by Crippen LogP contribution is 2.03. The van der Waals surface area contributed by atoms with E-state index in [4.69, 9.17) is 5.73 Å². The van der Waals surface area contributed by atoms with Crippen LogP contribution in [-0.4, -0.2) is 37.0 Å². The van der Waals surface area contributed by atoms with Crippen LogP contribution in [0, 0.1) is 6.92 Å². The van der Waals surface area contributed by atoms with Crippen molar-refractivity contribution in [3.8, 4) is 0 Å². The van der Waals surface area contributed by atoms with Crippen LogP contribution >= 0.6 is 0 Å². The Hall–Kier alpha value is -1.88. The zero-order valence-corrected chi connectivity index (χ0v) is 11.3. The Kier molecular flexibility index (Phi) is 6.60. The first kappa shape index (κ1) is 15.2. The predicted octanol–water partition coefficient (Wildman–Crippen LogP) is 1.05. The van der Waals surface area contributed by atoms with Crippen LogP contribution in [0.1, 0.15) is 17.5 Å². The van der Waals surface area contributed by atoms with E-state index in [1.54, 1.807) is 0 Å². The SMILES string of the molecule is Cc1ccc(CCNC(=O)N(C=O)CCCN)cc1. The van der Waals surface area contributed by atoms with Gasteiger partial charge < -0.3 is 11.1 Å². The molecule has 1 rings (SSSR count). The molecule has 0 spiro atoms. The second-order valence-corrected chi connectivity index (χ2v) is 4.41. The Bertz CT molecular complexity index is 404. The average Bonchev–Trinajstić information content (AvgIpc) is 2.42. The number of hydrogen-bond donors (Lipinski definition) is 2. The summed E-state index contributed by atoms with van der Waals surface area (Å²) in [5, 5.41) is 2.72. The van der Waals surface area contributed by atoms with Gasteiger partial charge in [-0.05, 0) is 31.9 Å². The van der Waals surface area contributed by atoms with Crippen molar-refractivity contribution in [2.75, 3.05) is 19.6 Å². The molecule has 104 valence electrons. The molecule has 0 saturated heterocycles. The summed E-state index contributed by atoms with van der Waals surface area (Å²) in [4.78, 5) is 23.5. The van der Waals surface area contributed by atoms with Gasteiger partial charge in [-0.15, -0.1) is 0 Å². The number of benzene rings is 1. The minimum atomic E-state index is -0.365. The number of carbonyl (C=O) groups excluding carboxylic acids is 2. The summed E-state index contributed by atoms with van der Waals surface area (Å²) in [5.74, 6) is 0. The van der Waals surface area contributed by atoms with Crippen molar-refractivity contribution in [1.82, 2.24) is 10.2 Å². The fraction of sp³-hybridized carbons (Fsp3) is 0.429. The van der Waals surface area contributed by atoms with Crippen molar-refractivity contribution in [2.45, 2.75) is 19.8 Å². The molecule has 3 N–H and O–H groups in total. The number of carbonyl (C=O) groups is 2. The maximum atomic E-state index is 11.7. The molecule has 5 heteroatoms. The molecule has 0 radical (unpaired) electrons. The van der Waals surface area contributed by atoms with Crippen LogP contribution in [0.5, 0.6) is 0 Å². The highest BCUT2D eigenvalue weighted by Gasteiger charge is 2.10.